The number of hydrogen-bond donors (Lipinski definition) is 1. The molecule has 1 N–H and O–H groups in total. The highest BCUT2D eigenvalue weighted by Crippen LogP contribution is 2.30. The second kappa shape index (κ2) is 8.19. The summed E-state index contributed by atoms with van der Waals surface area (Å²) in [5.41, 5.74) is 2.93. The Morgan fingerprint density at radius 3 is 2.65 bits per heavy atom. The van der Waals surface area contributed by atoms with Gasteiger partial charge in [-0.15, -0.1) is 0 Å². The molecule has 5 rings (SSSR count). The van der Waals surface area contributed by atoms with E-state index in [1.807, 2.05) is 43.4 Å². The molecule has 1 saturated carbocycles. The highest BCUT2D eigenvalue weighted by molar-refractivity contribution is 6.30. The number of ether oxygens (including phenoxy) is 1. The molecule has 0 radical (unpaired) electrons. The van der Waals surface area contributed by atoms with Gasteiger partial charge in [0.15, 0.2) is 0 Å². The average Bonchev–Trinajstić information content (AvgIpc) is 3.33. The SMILES string of the molecule is Cn1cc(-c2nn(C)c3cc(NC4CCC(Oc5cncc(Cl)c5)CC4)ncc23)cn1. The van der Waals surface area contributed by atoms with Crippen LogP contribution in [0.1, 0.15) is 25.7 Å². The van der Waals surface area contributed by atoms with Gasteiger partial charge in [-0.3, -0.25) is 14.3 Å². The Morgan fingerprint density at radius 2 is 1.90 bits per heavy atom. The van der Waals surface area contributed by atoms with Crippen LogP contribution in [-0.2, 0) is 14.1 Å². The molecule has 9 heteroatoms. The summed E-state index contributed by atoms with van der Waals surface area (Å²) in [7, 11) is 3.86. The van der Waals surface area contributed by atoms with Gasteiger partial charge in [0.2, 0.25) is 0 Å². The average molecular weight is 438 g/mol. The van der Waals surface area contributed by atoms with Crippen molar-refractivity contribution in [1.29, 1.82) is 0 Å². The predicted octanol–water partition coefficient (Wildman–Crippen LogP) is 4.22. The van der Waals surface area contributed by atoms with E-state index >= 15 is 0 Å². The van der Waals surface area contributed by atoms with Crippen LogP contribution in [0.3, 0.4) is 0 Å². The van der Waals surface area contributed by atoms with Gasteiger partial charge in [-0.05, 0) is 25.7 Å². The quantitative estimate of drug-likeness (QED) is 0.503. The highest BCUT2D eigenvalue weighted by Gasteiger charge is 2.23. The van der Waals surface area contributed by atoms with Crippen molar-refractivity contribution in [2.45, 2.75) is 37.8 Å². The molecular formula is C22H24ClN7O. The lowest BCUT2D eigenvalue weighted by Crippen LogP contribution is -2.31. The lowest BCUT2D eigenvalue weighted by atomic mass is 9.93. The smallest absolute Gasteiger partial charge is 0.139 e. The topological polar surface area (TPSA) is 82.7 Å². The fourth-order valence-corrected chi connectivity index (χ4v) is 4.34. The number of pyridine rings is 2. The van der Waals surface area contributed by atoms with Crippen molar-refractivity contribution >= 4 is 28.3 Å². The summed E-state index contributed by atoms with van der Waals surface area (Å²) >= 11 is 6.00. The fraction of sp³-hybridized carbons (Fsp3) is 0.364. The third-order valence-electron chi connectivity index (χ3n) is 5.72. The molecular weight excluding hydrogens is 414 g/mol. The number of anilines is 1. The van der Waals surface area contributed by atoms with Crippen LogP contribution in [0.2, 0.25) is 5.02 Å². The predicted molar refractivity (Wildman–Crippen MR) is 120 cm³/mol. The molecule has 1 aliphatic carbocycles. The molecule has 31 heavy (non-hydrogen) atoms. The number of rotatable bonds is 5. The van der Waals surface area contributed by atoms with Crippen LogP contribution in [0.5, 0.6) is 5.75 Å². The van der Waals surface area contributed by atoms with Crippen molar-refractivity contribution in [3.05, 3.63) is 48.1 Å². The van der Waals surface area contributed by atoms with Crippen molar-refractivity contribution in [1.82, 2.24) is 29.5 Å². The van der Waals surface area contributed by atoms with Crippen molar-refractivity contribution in [2.24, 2.45) is 14.1 Å². The first kappa shape index (κ1) is 19.8. The molecule has 0 saturated heterocycles. The van der Waals surface area contributed by atoms with Gasteiger partial charge in [-0.25, -0.2) is 4.98 Å². The van der Waals surface area contributed by atoms with E-state index in [0.29, 0.717) is 11.1 Å². The largest absolute Gasteiger partial charge is 0.489 e. The van der Waals surface area contributed by atoms with Crippen LogP contribution in [0.4, 0.5) is 5.82 Å². The van der Waals surface area contributed by atoms with E-state index in [2.05, 4.69) is 31.5 Å². The second-order valence-corrected chi connectivity index (χ2v) is 8.47. The van der Waals surface area contributed by atoms with Gasteiger partial charge in [0, 0.05) is 61.8 Å². The highest BCUT2D eigenvalue weighted by atomic mass is 35.5. The molecule has 0 atom stereocenters. The molecule has 0 unspecified atom stereocenters. The van der Waals surface area contributed by atoms with Crippen molar-refractivity contribution in [2.75, 3.05) is 5.32 Å². The maximum Gasteiger partial charge on any atom is 0.139 e. The molecule has 0 amide bonds. The van der Waals surface area contributed by atoms with Gasteiger partial charge in [0.1, 0.15) is 17.3 Å². The Labute approximate surface area is 185 Å². The summed E-state index contributed by atoms with van der Waals surface area (Å²) in [6.45, 7) is 0. The first-order chi connectivity index (χ1) is 15.0. The number of aromatic nitrogens is 6. The molecule has 4 aromatic rings. The lowest BCUT2D eigenvalue weighted by molar-refractivity contribution is 0.149. The van der Waals surface area contributed by atoms with E-state index in [-0.39, 0.29) is 6.10 Å². The molecule has 4 aromatic heterocycles. The summed E-state index contributed by atoms with van der Waals surface area (Å²) in [6, 6.07) is 4.25. The maximum absolute atomic E-state index is 6.05. The summed E-state index contributed by atoms with van der Waals surface area (Å²) in [5.74, 6) is 1.60. The van der Waals surface area contributed by atoms with Crippen LogP contribution in [0, 0.1) is 0 Å². The zero-order valence-corrected chi connectivity index (χ0v) is 18.3. The minimum Gasteiger partial charge on any atom is -0.489 e. The number of aryl methyl sites for hydroxylation is 2. The number of fused-ring (bicyclic) bond motifs is 1. The normalized spacial score (nSPS) is 18.9. The Bertz CT molecular complexity index is 1210. The zero-order chi connectivity index (χ0) is 21.4. The molecule has 0 bridgehead atoms. The van der Waals surface area contributed by atoms with Gasteiger partial charge >= 0.3 is 0 Å². The number of nitrogens with one attached hydrogen (secondary N) is 1. The van der Waals surface area contributed by atoms with Gasteiger partial charge < -0.3 is 10.1 Å². The third-order valence-corrected chi connectivity index (χ3v) is 5.93. The van der Waals surface area contributed by atoms with Crippen LogP contribution in [0.15, 0.2) is 43.1 Å². The van der Waals surface area contributed by atoms with E-state index in [9.17, 15) is 0 Å². The third kappa shape index (κ3) is 4.20. The summed E-state index contributed by atoms with van der Waals surface area (Å²) in [6.07, 6.45) is 13.2. The molecule has 0 spiro atoms. The van der Waals surface area contributed by atoms with E-state index < -0.39 is 0 Å². The lowest BCUT2D eigenvalue weighted by Gasteiger charge is -2.29. The Balaban J connectivity index is 1.25. The summed E-state index contributed by atoms with van der Waals surface area (Å²) in [5, 5.41) is 14.1. The maximum atomic E-state index is 6.05. The van der Waals surface area contributed by atoms with E-state index in [1.54, 1.807) is 17.1 Å². The zero-order valence-electron chi connectivity index (χ0n) is 17.5. The van der Waals surface area contributed by atoms with Gasteiger partial charge in [0.25, 0.3) is 0 Å². The van der Waals surface area contributed by atoms with Crippen LogP contribution in [-0.4, -0.2) is 41.7 Å². The summed E-state index contributed by atoms with van der Waals surface area (Å²) in [4.78, 5) is 8.74. The first-order valence-corrected chi connectivity index (χ1v) is 10.8. The standard InChI is InChI=1S/C22H24ClN7O/c1-29-13-14(9-26-29)22-19-12-25-21(8-20(19)30(2)28-22)27-16-3-5-17(6-4-16)31-18-7-15(23)10-24-11-18/h7-13,16-17H,3-6H2,1-2H3,(H,25,27). The molecule has 4 heterocycles. The molecule has 1 fully saturated rings. The van der Waals surface area contributed by atoms with Gasteiger partial charge in [-0.1, -0.05) is 11.6 Å². The van der Waals surface area contributed by atoms with Crippen LogP contribution in [0.25, 0.3) is 22.2 Å². The second-order valence-electron chi connectivity index (χ2n) is 8.04. The van der Waals surface area contributed by atoms with Crippen molar-refractivity contribution in [3.63, 3.8) is 0 Å². The van der Waals surface area contributed by atoms with E-state index in [1.165, 1.54) is 0 Å². The van der Waals surface area contributed by atoms with E-state index in [4.69, 9.17) is 16.3 Å². The molecule has 0 aliphatic heterocycles. The van der Waals surface area contributed by atoms with Crippen molar-refractivity contribution in [3.8, 4) is 17.0 Å². The Hall–Kier alpha value is -3.13. The Kier molecular flexibility index (Phi) is 5.23. The van der Waals surface area contributed by atoms with Gasteiger partial charge in [-0.2, -0.15) is 10.2 Å². The molecule has 160 valence electrons. The van der Waals surface area contributed by atoms with Crippen molar-refractivity contribution < 1.29 is 4.74 Å². The van der Waals surface area contributed by atoms with E-state index in [0.717, 1.165) is 59.4 Å². The monoisotopic (exact) mass is 437 g/mol. The summed E-state index contributed by atoms with van der Waals surface area (Å²) < 4.78 is 9.72. The fourth-order valence-electron chi connectivity index (χ4n) is 4.17. The minimum absolute atomic E-state index is 0.188. The molecule has 1 aliphatic rings. The van der Waals surface area contributed by atoms with Gasteiger partial charge in [0.05, 0.1) is 29.0 Å². The molecule has 0 aromatic carbocycles. The Morgan fingerprint density at radius 1 is 1.06 bits per heavy atom. The first-order valence-electron chi connectivity index (χ1n) is 10.4. The van der Waals surface area contributed by atoms with Crippen LogP contribution >= 0.6 is 11.6 Å². The molecule has 8 nitrogen and oxygen atoms in total. The number of halogens is 1. The van der Waals surface area contributed by atoms with Crippen LogP contribution < -0.4 is 10.1 Å². The minimum atomic E-state index is 0.188. The number of nitrogens with zero attached hydrogens (tertiary/aromatic N) is 6. The number of hydrogen-bond acceptors (Lipinski definition) is 6.